The van der Waals surface area contributed by atoms with Gasteiger partial charge in [-0.25, -0.2) is 4.79 Å². The van der Waals surface area contributed by atoms with Crippen LogP contribution >= 0.6 is 0 Å². The highest BCUT2D eigenvalue weighted by molar-refractivity contribution is 6.75. The number of rotatable bonds is 9. The molecule has 0 radical (unpaired) electrons. The van der Waals surface area contributed by atoms with Crippen molar-refractivity contribution in [2.75, 3.05) is 0 Å². The molecule has 0 aromatic heterocycles. The lowest BCUT2D eigenvalue weighted by atomic mass is 10.1. The maximum absolute atomic E-state index is 10.9. The van der Waals surface area contributed by atoms with Crippen LogP contribution in [0.1, 0.15) is 40.5 Å². The summed E-state index contributed by atoms with van der Waals surface area (Å²) in [6.07, 6.45) is 2.25. The summed E-state index contributed by atoms with van der Waals surface area (Å²) in [5.41, 5.74) is 0.692. The van der Waals surface area contributed by atoms with Gasteiger partial charge in [-0.1, -0.05) is 27.7 Å². The highest BCUT2D eigenvalue weighted by Crippen LogP contribution is 2.26. The number of carbonyl (C=O) groups is 1. The van der Waals surface area contributed by atoms with Crippen molar-refractivity contribution in [3.05, 3.63) is 5.57 Å². The molecular formula is C13H24O3Si. The van der Waals surface area contributed by atoms with E-state index in [9.17, 15) is 9.59 Å². The van der Waals surface area contributed by atoms with Gasteiger partial charge in [0.25, 0.3) is 0 Å². The highest BCUT2D eigenvalue weighted by atomic mass is 28.4. The van der Waals surface area contributed by atoms with E-state index in [-0.39, 0.29) is 6.10 Å². The Kier molecular flexibility index (Phi) is 8.05. The van der Waals surface area contributed by atoms with Gasteiger partial charge in [0.05, 0.1) is 6.10 Å². The zero-order chi connectivity index (χ0) is 13.3. The van der Waals surface area contributed by atoms with Gasteiger partial charge in [-0.3, -0.25) is 0 Å². The predicted molar refractivity (Wildman–Crippen MR) is 72.2 cm³/mol. The summed E-state index contributed by atoms with van der Waals surface area (Å²) in [5.74, 6) is 1.99. The fraction of sp³-hybridized carbons (Fsp3) is 0.769. The Morgan fingerprint density at radius 2 is 1.88 bits per heavy atom. The molecule has 0 heterocycles. The first-order valence-corrected chi connectivity index (χ1v) is 9.01. The maximum atomic E-state index is 10.9. The first-order valence-electron chi connectivity index (χ1n) is 6.48. The molecule has 98 valence electrons. The second-order valence-corrected chi connectivity index (χ2v) is 8.68. The molecule has 0 fully saturated rings. The Balaban J connectivity index is 4.93. The highest BCUT2D eigenvalue weighted by Gasteiger charge is 2.34. The van der Waals surface area contributed by atoms with E-state index in [2.05, 4.69) is 13.8 Å². The van der Waals surface area contributed by atoms with Crippen LogP contribution in [0.15, 0.2) is 5.57 Å². The second kappa shape index (κ2) is 8.40. The molecule has 0 saturated heterocycles. The predicted octanol–water partition coefficient (Wildman–Crippen LogP) is 3.13. The van der Waals surface area contributed by atoms with Crippen LogP contribution in [0.4, 0.5) is 0 Å². The van der Waals surface area contributed by atoms with Crippen LogP contribution < -0.4 is 0 Å². The topological polar surface area (TPSA) is 43.4 Å². The lowest BCUT2D eigenvalue weighted by molar-refractivity contribution is -0.106. The van der Waals surface area contributed by atoms with E-state index in [4.69, 9.17) is 4.43 Å². The fourth-order valence-electron chi connectivity index (χ4n) is 1.97. The molecule has 0 aromatic rings. The van der Waals surface area contributed by atoms with Gasteiger partial charge >= 0.3 is 0 Å². The third-order valence-electron chi connectivity index (χ3n) is 3.41. The van der Waals surface area contributed by atoms with Gasteiger partial charge in [-0.05, 0) is 24.9 Å². The average Bonchev–Trinajstić information content (AvgIpc) is 2.37. The number of hydrogen-bond donors (Lipinski definition) is 0. The molecule has 0 aliphatic heterocycles. The van der Waals surface area contributed by atoms with Crippen molar-refractivity contribution in [3.63, 3.8) is 0 Å². The van der Waals surface area contributed by atoms with Crippen LogP contribution in [0.25, 0.3) is 0 Å². The van der Waals surface area contributed by atoms with E-state index >= 15 is 0 Å². The SMILES string of the molecule is CCC(=C=O)C(CC)O[Si](CC)(CC)CC=O. The third kappa shape index (κ3) is 4.58. The van der Waals surface area contributed by atoms with E-state index in [1.807, 2.05) is 19.8 Å². The minimum atomic E-state index is -1.99. The van der Waals surface area contributed by atoms with Gasteiger partial charge in [-0.2, -0.15) is 0 Å². The van der Waals surface area contributed by atoms with Crippen molar-refractivity contribution in [2.45, 2.75) is 64.8 Å². The summed E-state index contributed by atoms with van der Waals surface area (Å²) < 4.78 is 6.18. The minimum absolute atomic E-state index is 0.149. The summed E-state index contributed by atoms with van der Waals surface area (Å²) in [6.45, 7) is 8.08. The second-order valence-electron chi connectivity index (χ2n) is 4.26. The van der Waals surface area contributed by atoms with E-state index < -0.39 is 8.32 Å². The molecule has 0 rings (SSSR count). The Labute approximate surface area is 105 Å². The number of hydrogen-bond acceptors (Lipinski definition) is 3. The monoisotopic (exact) mass is 256 g/mol. The Morgan fingerprint density at radius 1 is 1.29 bits per heavy atom. The first kappa shape index (κ1) is 16.3. The minimum Gasteiger partial charge on any atom is -0.409 e. The van der Waals surface area contributed by atoms with Crippen molar-refractivity contribution < 1.29 is 14.0 Å². The molecule has 3 nitrogen and oxygen atoms in total. The van der Waals surface area contributed by atoms with E-state index in [0.717, 1.165) is 24.8 Å². The third-order valence-corrected chi connectivity index (χ3v) is 7.68. The van der Waals surface area contributed by atoms with Crippen LogP contribution in [0.5, 0.6) is 0 Å². The first-order chi connectivity index (χ1) is 8.12. The van der Waals surface area contributed by atoms with Crippen LogP contribution in [0.3, 0.4) is 0 Å². The molecule has 0 N–H and O–H groups in total. The number of aldehydes is 1. The summed E-state index contributed by atoms with van der Waals surface area (Å²) in [5, 5.41) is 0. The summed E-state index contributed by atoms with van der Waals surface area (Å²) in [6, 6.07) is 2.34. The van der Waals surface area contributed by atoms with Crippen LogP contribution in [-0.4, -0.2) is 26.6 Å². The van der Waals surface area contributed by atoms with Crippen molar-refractivity contribution >= 4 is 20.5 Å². The molecule has 0 spiro atoms. The maximum Gasteiger partial charge on any atom is 0.200 e. The van der Waals surface area contributed by atoms with Crippen molar-refractivity contribution in [1.29, 1.82) is 0 Å². The summed E-state index contributed by atoms with van der Waals surface area (Å²) in [7, 11) is -1.99. The molecule has 1 unspecified atom stereocenters. The molecule has 0 amide bonds. The van der Waals surface area contributed by atoms with Crippen LogP contribution in [0.2, 0.25) is 18.1 Å². The molecule has 4 heteroatoms. The Hall–Kier alpha value is -0.703. The normalized spacial score (nSPS) is 12.9. The Morgan fingerprint density at radius 3 is 2.18 bits per heavy atom. The molecule has 17 heavy (non-hydrogen) atoms. The standard InChI is InChI=1S/C13H24O3Si/c1-5-12(11-15)13(6-2)16-17(7-3,8-4)10-9-14/h9,13H,5-8,10H2,1-4H3. The van der Waals surface area contributed by atoms with Gasteiger partial charge in [0.15, 0.2) is 8.32 Å². The molecule has 0 aliphatic rings. The largest absolute Gasteiger partial charge is 0.409 e. The lowest BCUT2D eigenvalue weighted by Crippen LogP contribution is -2.41. The van der Waals surface area contributed by atoms with Crippen LogP contribution in [0, 0.1) is 0 Å². The van der Waals surface area contributed by atoms with E-state index in [1.54, 1.807) is 0 Å². The Bertz CT molecular complexity index is 278. The number of carbonyl (C=O) groups excluding carboxylic acids is 2. The van der Waals surface area contributed by atoms with Crippen LogP contribution in [-0.2, 0) is 14.0 Å². The molecule has 1 atom stereocenters. The van der Waals surface area contributed by atoms with Gasteiger partial charge in [0.1, 0.15) is 12.2 Å². The van der Waals surface area contributed by atoms with Crippen molar-refractivity contribution in [3.8, 4) is 0 Å². The lowest BCUT2D eigenvalue weighted by Gasteiger charge is -2.32. The van der Waals surface area contributed by atoms with Crippen molar-refractivity contribution in [2.24, 2.45) is 0 Å². The van der Waals surface area contributed by atoms with Gasteiger partial charge < -0.3 is 9.22 Å². The van der Waals surface area contributed by atoms with Gasteiger partial charge in [0.2, 0.25) is 0 Å². The molecule has 0 bridgehead atoms. The molecule has 0 aliphatic carbocycles. The van der Waals surface area contributed by atoms with E-state index in [0.29, 0.717) is 18.0 Å². The zero-order valence-corrected chi connectivity index (χ0v) is 12.4. The van der Waals surface area contributed by atoms with Gasteiger partial charge in [0, 0.05) is 11.6 Å². The molecule has 0 aromatic carbocycles. The molecular weight excluding hydrogens is 232 g/mol. The van der Waals surface area contributed by atoms with Gasteiger partial charge in [-0.15, -0.1) is 0 Å². The fourth-order valence-corrected chi connectivity index (χ4v) is 4.70. The van der Waals surface area contributed by atoms with Crippen molar-refractivity contribution in [1.82, 2.24) is 0 Å². The summed E-state index contributed by atoms with van der Waals surface area (Å²) in [4.78, 5) is 21.6. The quantitative estimate of drug-likeness (QED) is 0.361. The smallest absolute Gasteiger partial charge is 0.200 e. The summed E-state index contributed by atoms with van der Waals surface area (Å²) >= 11 is 0. The average molecular weight is 256 g/mol. The molecule has 0 saturated carbocycles. The van der Waals surface area contributed by atoms with E-state index in [1.165, 1.54) is 0 Å². The zero-order valence-electron chi connectivity index (χ0n) is 11.4.